The summed E-state index contributed by atoms with van der Waals surface area (Å²) in [7, 11) is 3.95. The van der Waals surface area contributed by atoms with Crippen LogP contribution in [0.5, 0.6) is 0 Å². The van der Waals surface area contributed by atoms with Gasteiger partial charge in [-0.15, -0.1) is 0 Å². The maximum absolute atomic E-state index is 11.2. The highest BCUT2D eigenvalue weighted by atomic mass is 16.2. The summed E-state index contributed by atoms with van der Waals surface area (Å²) in [5.74, 6) is 0.324. The topological polar surface area (TPSA) is 35.6 Å². The van der Waals surface area contributed by atoms with Gasteiger partial charge in [0.2, 0.25) is 5.91 Å². The maximum Gasteiger partial charge on any atom is 0.222 e. The van der Waals surface area contributed by atoms with E-state index >= 15 is 0 Å². The number of amides is 1. The summed E-state index contributed by atoms with van der Waals surface area (Å²) in [6.45, 7) is 2.80. The van der Waals surface area contributed by atoms with E-state index in [1.165, 1.54) is 0 Å². The van der Waals surface area contributed by atoms with Crippen LogP contribution in [0.1, 0.15) is 19.3 Å². The predicted octanol–water partition coefficient (Wildman–Crippen LogP) is 0.0651. The molecular weight excluding hydrogens is 166 g/mol. The van der Waals surface area contributed by atoms with Gasteiger partial charge in [0.15, 0.2) is 0 Å². The van der Waals surface area contributed by atoms with Crippen molar-refractivity contribution in [3.8, 4) is 0 Å². The Morgan fingerprint density at radius 3 is 2.85 bits per heavy atom. The fourth-order valence-corrected chi connectivity index (χ4v) is 1.51. The van der Waals surface area contributed by atoms with Crippen LogP contribution in [0.2, 0.25) is 0 Å². The first-order valence-corrected chi connectivity index (χ1v) is 4.89. The number of likely N-dealkylation sites (tertiary alicyclic amines) is 1. The van der Waals surface area contributed by atoms with Crippen molar-refractivity contribution in [1.29, 1.82) is 0 Å². The fourth-order valence-electron chi connectivity index (χ4n) is 1.51. The molecule has 76 valence electrons. The summed E-state index contributed by atoms with van der Waals surface area (Å²) < 4.78 is 0. The van der Waals surface area contributed by atoms with Crippen LogP contribution in [0.15, 0.2) is 0 Å². The van der Waals surface area contributed by atoms with Crippen LogP contribution in [0.3, 0.4) is 0 Å². The molecular formula is C9H19N3O. The lowest BCUT2D eigenvalue weighted by Gasteiger charge is -2.16. The van der Waals surface area contributed by atoms with Crippen LogP contribution in [0.25, 0.3) is 0 Å². The van der Waals surface area contributed by atoms with E-state index in [9.17, 15) is 4.79 Å². The molecule has 0 bridgehead atoms. The van der Waals surface area contributed by atoms with Gasteiger partial charge in [-0.05, 0) is 12.8 Å². The van der Waals surface area contributed by atoms with Crippen molar-refractivity contribution < 1.29 is 4.79 Å². The van der Waals surface area contributed by atoms with Crippen LogP contribution in [0.4, 0.5) is 0 Å². The molecule has 1 heterocycles. The maximum atomic E-state index is 11.2. The molecule has 13 heavy (non-hydrogen) atoms. The molecule has 0 aromatic carbocycles. The third-order valence-electron chi connectivity index (χ3n) is 2.20. The molecule has 1 saturated heterocycles. The van der Waals surface area contributed by atoms with Crippen LogP contribution < -0.4 is 5.43 Å². The summed E-state index contributed by atoms with van der Waals surface area (Å²) in [5, 5.41) is 1.94. The van der Waals surface area contributed by atoms with Crippen molar-refractivity contribution >= 4 is 5.91 Å². The zero-order valence-electron chi connectivity index (χ0n) is 8.55. The van der Waals surface area contributed by atoms with Crippen LogP contribution in [0, 0.1) is 0 Å². The van der Waals surface area contributed by atoms with E-state index in [-0.39, 0.29) is 0 Å². The van der Waals surface area contributed by atoms with Gasteiger partial charge in [-0.25, -0.2) is 0 Å². The summed E-state index contributed by atoms with van der Waals surface area (Å²) in [4.78, 5) is 13.2. The van der Waals surface area contributed by atoms with Gasteiger partial charge in [0.05, 0.1) is 0 Å². The van der Waals surface area contributed by atoms with Crippen molar-refractivity contribution in [3.05, 3.63) is 0 Å². The van der Waals surface area contributed by atoms with E-state index in [1.54, 1.807) is 0 Å². The lowest BCUT2D eigenvalue weighted by Crippen LogP contribution is -2.34. The van der Waals surface area contributed by atoms with E-state index in [0.717, 1.165) is 38.9 Å². The zero-order chi connectivity index (χ0) is 9.68. The largest absolute Gasteiger partial charge is 0.343 e. The highest BCUT2D eigenvalue weighted by Crippen LogP contribution is 2.09. The number of carbonyl (C=O) groups excluding carboxylic acids is 1. The van der Waals surface area contributed by atoms with E-state index in [1.807, 2.05) is 24.0 Å². The van der Waals surface area contributed by atoms with Crippen LogP contribution in [-0.2, 0) is 4.79 Å². The highest BCUT2D eigenvalue weighted by molar-refractivity contribution is 5.77. The van der Waals surface area contributed by atoms with Crippen LogP contribution >= 0.6 is 0 Å². The number of carbonyl (C=O) groups is 1. The Balaban J connectivity index is 2.02. The fraction of sp³-hybridized carbons (Fsp3) is 0.889. The number of rotatable bonds is 5. The Morgan fingerprint density at radius 2 is 2.31 bits per heavy atom. The van der Waals surface area contributed by atoms with E-state index in [0.29, 0.717) is 5.91 Å². The van der Waals surface area contributed by atoms with Gasteiger partial charge in [-0.1, -0.05) is 0 Å². The third kappa shape index (κ3) is 3.74. The molecule has 0 aliphatic carbocycles. The number of nitrogens with zero attached hydrogens (tertiary/aromatic N) is 2. The van der Waals surface area contributed by atoms with E-state index < -0.39 is 0 Å². The predicted molar refractivity (Wildman–Crippen MR) is 52.1 cm³/mol. The Hall–Kier alpha value is -0.610. The zero-order valence-corrected chi connectivity index (χ0v) is 8.55. The van der Waals surface area contributed by atoms with Crippen molar-refractivity contribution in [2.75, 3.05) is 33.7 Å². The van der Waals surface area contributed by atoms with Gasteiger partial charge in [-0.2, -0.15) is 0 Å². The first-order valence-electron chi connectivity index (χ1n) is 4.89. The molecule has 1 aliphatic rings. The third-order valence-corrected chi connectivity index (χ3v) is 2.20. The molecule has 1 fully saturated rings. The molecule has 0 unspecified atom stereocenters. The molecule has 4 nitrogen and oxygen atoms in total. The number of hydrogen-bond donors (Lipinski definition) is 1. The molecule has 1 rings (SSSR count). The molecule has 0 radical (unpaired) electrons. The summed E-state index contributed by atoms with van der Waals surface area (Å²) in [6, 6.07) is 0. The molecule has 1 aliphatic heterocycles. The Labute approximate surface area is 79.9 Å². The van der Waals surface area contributed by atoms with E-state index in [4.69, 9.17) is 0 Å². The first-order chi connectivity index (χ1) is 6.20. The quantitative estimate of drug-likeness (QED) is 0.486. The van der Waals surface area contributed by atoms with Gasteiger partial charge in [0.25, 0.3) is 0 Å². The normalized spacial score (nSPS) is 17.5. The monoisotopic (exact) mass is 185 g/mol. The summed E-state index contributed by atoms with van der Waals surface area (Å²) in [6.07, 6.45) is 2.82. The Morgan fingerprint density at radius 1 is 1.54 bits per heavy atom. The molecule has 1 amide bonds. The molecule has 0 aromatic rings. The average molecular weight is 185 g/mol. The molecule has 1 N–H and O–H groups in total. The Bertz CT molecular complexity index is 170. The van der Waals surface area contributed by atoms with Crippen LogP contribution in [-0.4, -0.2) is 49.5 Å². The van der Waals surface area contributed by atoms with Crippen molar-refractivity contribution in [2.45, 2.75) is 19.3 Å². The number of hydrogen-bond acceptors (Lipinski definition) is 3. The minimum absolute atomic E-state index is 0.324. The van der Waals surface area contributed by atoms with Gasteiger partial charge in [-0.3, -0.25) is 15.2 Å². The second-order valence-corrected chi connectivity index (χ2v) is 3.64. The van der Waals surface area contributed by atoms with Crippen molar-refractivity contribution in [1.82, 2.24) is 15.3 Å². The molecule has 0 saturated carbocycles. The van der Waals surface area contributed by atoms with Crippen molar-refractivity contribution in [3.63, 3.8) is 0 Å². The molecule has 0 atom stereocenters. The van der Waals surface area contributed by atoms with Crippen molar-refractivity contribution in [2.24, 2.45) is 0 Å². The summed E-state index contributed by atoms with van der Waals surface area (Å²) in [5.41, 5.74) is 3.18. The lowest BCUT2D eigenvalue weighted by atomic mass is 10.4. The standard InChI is InChI=1S/C9H19N3O/c1-11(2)10-6-4-8-12-7-3-5-9(12)13/h10H,3-8H2,1-2H3. The minimum Gasteiger partial charge on any atom is -0.343 e. The Kier molecular flexibility index (Phi) is 4.18. The van der Waals surface area contributed by atoms with Gasteiger partial charge >= 0.3 is 0 Å². The molecule has 0 aromatic heterocycles. The number of hydrazine groups is 1. The first kappa shape index (κ1) is 10.5. The average Bonchev–Trinajstić information content (AvgIpc) is 2.45. The summed E-state index contributed by atoms with van der Waals surface area (Å²) >= 11 is 0. The SMILES string of the molecule is CN(C)NCCCN1CCCC1=O. The van der Waals surface area contributed by atoms with Gasteiger partial charge in [0.1, 0.15) is 0 Å². The second-order valence-electron chi connectivity index (χ2n) is 3.64. The molecule has 4 heteroatoms. The minimum atomic E-state index is 0.324. The highest BCUT2D eigenvalue weighted by Gasteiger charge is 2.18. The smallest absolute Gasteiger partial charge is 0.222 e. The van der Waals surface area contributed by atoms with Gasteiger partial charge < -0.3 is 4.90 Å². The number of nitrogens with one attached hydrogen (secondary N) is 1. The lowest BCUT2D eigenvalue weighted by molar-refractivity contribution is -0.127. The van der Waals surface area contributed by atoms with Gasteiger partial charge in [0, 0.05) is 40.2 Å². The molecule has 0 spiro atoms. The second kappa shape index (κ2) is 5.19. The van der Waals surface area contributed by atoms with E-state index in [2.05, 4.69) is 5.43 Å².